The molecule has 0 aliphatic rings. The highest BCUT2D eigenvalue weighted by Gasteiger charge is 2.15. The predicted octanol–water partition coefficient (Wildman–Crippen LogP) is 3.07. The lowest BCUT2D eigenvalue weighted by atomic mass is 10.1. The van der Waals surface area contributed by atoms with Crippen LogP contribution >= 0.6 is 0 Å². The summed E-state index contributed by atoms with van der Waals surface area (Å²) < 4.78 is 0. The number of aromatic nitrogens is 1. The molecule has 21 heavy (non-hydrogen) atoms. The van der Waals surface area contributed by atoms with E-state index in [9.17, 15) is 9.90 Å². The molecule has 0 spiro atoms. The normalized spacial score (nSPS) is 10.9. The standard InChI is InChI=1S/C16H21N3O2/c1-10(2)8-18-15-12-7-11(19(3)4)5-6-14(12)17-9-13(15)16(20)21/h5-7,9-10H,8H2,1-4H3,(H,17,18)(H,20,21). The number of benzene rings is 1. The van der Waals surface area contributed by atoms with Crippen LogP contribution in [0, 0.1) is 5.92 Å². The molecule has 0 amide bonds. The van der Waals surface area contributed by atoms with E-state index in [1.807, 2.05) is 37.2 Å². The Morgan fingerprint density at radius 3 is 2.67 bits per heavy atom. The fourth-order valence-corrected chi connectivity index (χ4v) is 2.12. The van der Waals surface area contributed by atoms with Crippen LogP contribution in [-0.2, 0) is 0 Å². The zero-order chi connectivity index (χ0) is 15.6. The van der Waals surface area contributed by atoms with E-state index in [0.717, 1.165) is 16.6 Å². The molecular formula is C16H21N3O2. The Morgan fingerprint density at radius 1 is 1.38 bits per heavy atom. The highest BCUT2D eigenvalue weighted by atomic mass is 16.4. The van der Waals surface area contributed by atoms with Gasteiger partial charge in [-0.1, -0.05) is 13.8 Å². The van der Waals surface area contributed by atoms with E-state index in [2.05, 4.69) is 24.1 Å². The minimum Gasteiger partial charge on any atom is -0.478 e. The van der Waals surface area contributed by atoms with E-state index in [1.165, 1.54) is 6.20 Å². The number of carbonyl (C=O) groups is 1. The molecule has 0 unspecified atom stereocenters. The van der Waals surface area contributed by atoms with Gasteiger partial charge in [0.05, 0.1) is 11.2 Å². The number of anilines is 2. The lowest BCUT2D eigenvalue weighted by Crippen LogP contribution is -2.13. The van der Waals surface area contributed by atoms with Gasteiger partial charge in [0.15, 0.2) is 0 Å². The second-order valence-electron chi connectivity index (χ2n) is 5.72. The van der Waals surface area contributed by atoms with Crippen LogP contribution in [0.15, 0.2) is 24.4 Å². The number of carboxylic acid groups (broad SMARTS) is 1. The second kappa shape index (κ2) is 5.99. The summed E-state index contributed by atoms with van der Waals surface area (Å²) in [5.41, 5.74) is 2.65. The van der Waals surface area contributed by atoms with Crippen molar-refractivity contribution in [1.29, 1.82) is 0 Å². The molecule has 1 heterocycles. The number of pyridine rings is 1. The zero-order valence-corrected chi connectivity index (χ0v) is 12.8. The maximum Gasteiger partial charge on any atom is 0.339 e. The van der Waals surface area contributed by atoms with Crippen molar-refractivity contribution in [3.8, 4) is 0 Å². The van der Waals surface area contributed by atoms with Crippen molar-refractivity contribution >= 4 is 28.2 Å². The quantitative estimate of drug-likeness (QED) is 0.884. The van der Waals surface area contributed by atoms with Crippen LogP contribution in [0.2, 0.25) is 0 Å². The first-order chi connectivity index (χ1) is 9.90. The topological polar surface area (TPSA) is 65.5 Å². The summed E-state index contributed by atoms with van der Waals surface area (Å²) >= 11 is 0. The van der Waals surface area contributed by atoms with Crippen LogP contribution in [0.1, 0.15) is 24.2 Å². The number of carboxylic acids is 1. The van der Waals surface area contributed by atoms with Gasteiger partial charge in [-0.3, -0.25) is 4.98 Å². The van der Waals surface area contributed by atoms with Gasteiger partial charge >= 0.3 is 5.97 Å². The number of fused-ring (bicyclic) bond motifs is 1. The van der Waals surface area contributed by atoms with Gasteiger partial charge < -0.3 is 15.3 Å². The van der Waals surface area contributed by atoms with Crippen LogP contribution in [0.3, 0.4) is 0 Å². The number of aromatic carboxylic acids is 1. The van der Waals surface area contributed by atoms with Crippen molar-refractivity contribution in [2.75, 3.05) is 30.9 Å². The molecule has 1 aromatic carbocycles. The minimum atomic E-state index is -0.967. The third kappa shape index (κ3) is 3.24. The van der Waals surface area contributed by atoms with Crippen molar-refractivity contribution < 1.29 is 9.90 Å². The third-order valence-corrected chi connectivity index (χ3v) is 3.29. The molecule has 5 nitrogen and oxygen atoms in total. The van der Waals surface area contributed by atoms with Gasteiger partial charge in [-0.25, -0.2) is 4.79 Å². The largest absolute Gasteiger partial charge is 0.478 e. The van der Waals surface area contributed by atoms with Crippen LogP contribution in [-0.4, -0.2) is 36.7 Å². The Balaban J connectivity index is 2.63. The fourth-order valence-electron chi connectivity index (χ4n) is 2.12. The molecule has 2 N–H and O–H groups in total. The molecule has 0 aliphatic carbocycles. The molecule has 0 aliphatic heterocycles. The van der Waals surface area contributed by atoms with Crippen molar-refractivity contribution in [3.05, 3.63) is 30.0 Å². The van der Waals surface area contributed by atoms with Gasteiger partial charge in [0, 0.05) is 37.9 Å². The van der Waals surface area contributed by atoms with Crippen molar-refractivity contribution in [2.24, 2.45) is 5.92 Å². The summed E-state index contributed by atoms with van der Waals surface area (Å²) in [7, 11) is 3.91. The molecule has 1 aromatic heterocycles. The Bertz CT molecular complexity index is 666. The highest BCUT2D eigenvalue weighted by Crippen LogP contribution is 2.29. The Hall–Kier alpha value is -2.30. The SMILES string of the molecule is CC(C)CNc1c(C(=O)O)cnc2ccc(N(C)C)cc12. The summed E-state index contributed by atoms with van der Waals surface area (Å²) in [4.78, 5) is 17.7. The summed E-state index contributed by atoms with van der Waals surface area (Å²) in [5.74, 6) is -0.544. The maximum absolute atomic E-state index is 11.4. The van der Waals surface area contributed by atoms with E-state index < -0.39 is 5.97 Å². The molecule has 112 valence electrons. The van der Waals surface area contributed by atoms with Crippen LogP contribution < -0.4 is 10.2 Å². The number of nitrogens with zero attached hydrogens (tertiary/aromatic N) is 2. The molecule has 0 saturated carbocycles. The van der Waals surface area contributed by atoms with Crippen LogP contribution in [0.4, 0.5) is 11.4 Å². The first-order valence-corrected chi connectivity index (χ1v) is 6.97. The van der Waals surface area contributed by atoms with Crippen molar-refractivity contribution in [2.45, 2.75) is 13.8 Å². The summed E-state index contributed by atoms with van der Waals surface area (Å²) in [5, 5.41) is 13.5. The average molecular weight is 287 g/mol. The van der Waals surface area contributed by atoms with E-state index in [0.29, 0.717) is 18.2 Å². The van der Waals surface area contributed by atoms with Gasteiger partial charge in [0.25, 0.3) is 0 Å². The summed E-state index contributed by atoms with van der Waals surface area (Å²) in [6.07, 6.45) is 1.42. The number of nitrogens with one attached hydrogen (secondary N) is 1. The lowest BCUT2D eigenvalue weighted by Gasteiger charge is -2.17. The van der Waals surface area contributed by atoms with E-state index in [-0.39, 0.29) is 5.56 Å². The molecule has 0 fully saturated rings. The van der Waals surface area contributed by atoms with Gasteiger partial charge in [0.2, 0.25) is 0 Å². The monoisotopic (exact) mass is 287 g/mol. The second-order valence-corrected chi connectivity index (χ2v) is 5.72. The molecular weight excluding hydrogens is 266 g/mol. The van der Waals surface area contributed by atoms with E-state index in [1.54, 1.807) is 0 Å². The fraction of sp³-hybridized carbons (Fsp3) is 0.375. The van der Waals surface area contributed by atoms with Gasteiger partial charge in [-0.15, -0.1) is 0 Å². The third-order valence-electron chi connectivity index (χ3n) is 3.29. The van der Waals surface area contributed by atoms with Crippen LogP contribution in [0.25, 0.3) is 10.9 Å². The molecule has 0 radical (unpaired) electrons. The van der Waals surface area contributed by atoms with Gasteiger partial charge in [-0.2, -0.15) is 0 Å². The molecule has 0 atom stereocenters. The van der Waals surface area contributed by atoms with Crippen molar-refractivity contribution in [3.63, 3.8) is 0 Å². The van der Waals surface area contributed by atoms with E-state index >= 15 is 0 Å². The number of rotatable bonds is 5. The summed E-state index contributed by atoms with van der Waals surface area (Å²) in [6.45, 7) is 4.88. The number of hydrogen-bond donors (Lipinski definition) is 2. The summed E-state index contributed by atoms with van der Waals surface area (Å²) in [6, 6.07) is 5.86. The maximum atomic E-state index is 11.4. The molecule has 0 bridgehead atoms. The Morgan fingerprint density at radius 2 is 2.10 bits per heavy atom. The highest BCUT2D eigenvalue weighted by molar-refractivity contribution is 6.05. The number of hydrogen-bond acceptors (Lipinski definition) is 4. The smallest absolute Gasteiger partial charge is 0.339 e. The first-order valence-electron chi connectivity index (χ1n) is 6.97. The van der Waals surface area contributed by atoms with Crippen LogP contribution in [0.5, 0.6) is 0 Å². The predicted molar refractivity (Wildman–Crippen MR) is 86.4 cm³/mol. The Kier molecular flexibility index (Phi) is 4.31. The molecule has 5 heteroatoms. The average Bonchev–Trinajstić information content (AvgIpc) is 2.43. The molecule has 2 rings (SSSR count). The lowest BCUT2D eigenvalue weighted by molar-refractivity contribution is 0.0697. The molecule has 2 aromatic rings. The van der Waals surface area contributed by atoms with Gasteiger partial charge in [-0.05, 0) is 24.1 Å². The first kappa shape index (κ1) is 15.1. The minimum absolute atomic E-state index is 0.207. The van der Waals surface area contributed by atoms with Gasteiger partial charge in [0.1, 0.15) is 5.56 Å². The molecule has 0 saturated heterocycles. The van der Waals surface area contributed by atoms with Crippen molar-refractivity contribution in [1.82, 2.24) is 4.98 Å². The zero-order valence-electron chi connectivity index (χ0n) is 12.8. The Labute approximate surface area is 124 Å². The van der Waals surface area contributed by atoms with E-state index in [4.69, 9.17) is 0 Å².